The Morgan fingerprint density at radius 1 is 1.05 bits per heavy atom. The largest absolute Gasteiger partial charge is 0.455 e. The predicted octanol–water partition coefficient (Wildman–Crippen LogP) is 6.32. The van der Waals surface area contributed by atoms with Gasteiger partial charge in [-0.15, -0.1) is 0 Å². The summed E-state index contributed by atoms with van der Waals surface area (Å²) in [5.74, 6) is 1.54. The van der Waals surface area contributed by atoms with Crippen molar-refractivity contribution in [2.45, 2.75) is 31.5 Å². The number of rotatable bonds is 3. The van der Waals surface area contributed by atoms with E-state index in [1.54, 1.807) is 0 Å². The van der Waals surface area contributed by atoms with Crippen LogP contribution in [0.4, 0.5) is 0 Å². The third-order valence-electron chi connectivity index (χ3n) is 3.07. The lowest BCUT2D eigenvalue weighted by atomic mass is 9.86. The molecule has 2 rings (SSSR count). The van der Waals surface area contributed by atoms with Gasteiger partial charge in [0.05, 0.1) is 5.02 Å². The summed E-state index contributed by atoms with van der Waals surface area (Å²) in [6.45, 7) is 6.51. The topological polar surface area (TPSA) is 9.23 Å². The predicted molar refractivity (Wildman–Crippen MR) is 89.3 cm³/mol. The SMILES string of the molecule is CC(C)(C)c1ccccc1Oc1ccc(CBr)cc1Cl. The average molecular weight is 354 g/mol. The van der Waals surface area contributed by atoms with Crippen LogP contribution in [0.25, 0.3) is 0 Å². The molecule has 2 aromatic rings. The highest BCUT2D eigenvalue weighted by atomic mass is 79.9. The summed E-state index contributed by atoms with van der Waals surface area (Å²) in [4.78, 5) is 0. The molecular formula is C17H18BrClO. The first-order valence-corrected chi connectivity index (χ1v) is 8.03. The van der Waals surface area contributed by atoms with Crippen molar-refractivity contribution in [2.24, 2.45) is 0 Å². The fraction of sp³-hybridized carbons (Fsp3) is 0.294. The van der Waals surface area contributed by atoms with Gasteiger partial charge in [-0.2, -0.15) is 0 Å². The Morgan fingerprint density at radius 3 is 2.35 bits per heavy atom. The van der Waals surface area contributed by atoms with Crippen molar-refractivity contribution in [3.63, 3.8) is 0 Å². The normalized spacial score (nSPS) is 11.4. The monoisotopic (exact) mass is 352 g/mol. The van der Waals surface area contributed by atoms with Gasteiger partial charge >= 0.3 is 0 Å². The zero-order valence-corrected chi connectivity index (χ0v) is 14.3. The van der Waals surface area contributed by atoms with Crippen LogP contribution >= 0.6 is 27.5 Å². The second kappa shape index (κ2) is 6.19. The summed E-state index contributed by atoms with van der Waals surface area (Å²) in [5, 5.41) is 1.41. The van der Waals surface area contributed by atoms with Crippen LogP contribution in [0.1, 0.15) is 31.9 Å². The molecule has 0 aliphatic heterocycles. The van der Waals surface area contributed by atoms with Crippen LogP contribution in [0.5, 0.6) is 11.5 Å². The number of halogens is 2. The zero-order valence-electron chi connectivity index (χ0n) is 11.9. The summed E-state index contributed by atoms with van der Waals surface area (Å²) >= 11 is 9.70. The van der Waals surface area contributed by atoms with E-state index < -0.39 is 0 Å². The van der Waals surface area contributed by atoms with Gasteiger partial charge in [0.1, 0.15) is 11.5 Å². The minimum absolute atomic E-state index is 0.0267. The van der Waals surface area contributed by atoms with E-state index in [-0.39, 0.29) is 5.41 Å². The third-order valence-corrected chi connectivity index (χ3v) is 4.01. The summed E-state index contributed by atoms with van der Waals surface area (Å²) in [7, 11) is 0. The molecule has 2 aromatic carbocycles. The highest BCUT2D eigenvalue weighted by Gasteiger charge is 2.19. The van der Waals surface area contributed by atoms with E-state index in [1.807, 2.05) is 36.4 Å². The maximum atomic E-state index is 6.28. The molecule has 0 aliphatic carbocycles. The highest BCUT2D eigenvalue weighted by Crippen LogP contribution is 2.36. The Balaban J connectivity index is 2.36. The average Bonchev–Trinajstić information content (AvgIpc) is 2.40. The third kappa shape index (κ3) is 3.56. The standard InChI is InChI=1S/C17H18BrClO/c1-17(2,3)13-6-4-5-7-15(13)20-16-9-8-12(11-18)10-14(16)19/h4-10H,11H2,1-3H3. The van der Waals surface area contributed by atoms with E-state index in [0.717, 1.165) is 16.6 Å². The number of alkyl halides is 1. The molecule has 0 aromatic heterocycles. The molecule has 0 atom stereocenters. The van der Waals surface area contributed by atoms with Gasteiger partial charge in [-0.1, -0.05) is 72.6 Å². The van der Waals surface area contributed by atoms with Crippen molar-refractivity contribution in [3.8, 4) is 11.5 Å². The molecule has 0 fully saturated rings. The number of hydrogen-bond acceptors (Lipinski definition) is 1. The first kappa shape index (κ1) is 15.4. The lowest BCUT2D eigenvalue weighted by molar-refractivity contribution is 0.455. The fourth-order valence-electron chi connectivity index (χ4n) is 2.00. The molecule has 0 saturated carbocycles. The van der Waals surface area contributed by atoms with Crippen molar-refractivity contribution < 1.29 is 4.74 Å². The van der Waals surface area contributed by atoms with Crippen LogP contribution in [-0.4, -0.2) is 0 Å². The molecule has 0 bridgehead atoms. The van der Waals surface area contributed by atoms with Crippen molar-refractivity contribution in [2.75, 3.05) is 0 Å². The van der Waals surface area contributed by atoms with Gasteiger partial charge in [-0.05, 0) is 29.2 Å². The van der Waals surface area contributed by atoms with Crippen LogP contribution in [-0.2, 0) is 10.7 Å². The molecule has 0 spiro atoms. The molecule has 0 N–H and O–H groups in total. The van der Waals surface area contributed by atoms with Gasteiger partial charge < -0.3 is 4.74 Å². The Hall–Kier alpha value is -0.990. The first-order chi connectivity index (χ1) is 9.41. The lowest BCUT2D eigenvalue weighted by Crippen LogP contribution is -2.12. The van der Waals surface area contributed by atoms with Crippen LogP contribution < -0.4 is 4.74 Å². The van der Waals surface area contributed by atoms with Crippen LogP contribution in [0.2, 0.25) is 5.02 Å². The summed E-state index contributed by atoms with van der Waals surface area (Å²) < 4.78 is 6.02. The molecule has 0 saturated heterocycles. The Bertz CT molecular complexity index is 602. The molecule has 1 nitrogen and oxygen atoms in total. The van der Waals surface area contributed by atoms with Crippen LogP contribution in [0.15, 0.2) is 42.5 Å². The zero-order chi connectivity index (χ0) is 14.8. The molecule has 0 amide bonds. The Kier molecular flexibility index (Phi) is 4.77. The number of hydrogen-bond donors (Lipinski definition) is 0. The molecule has 0 aliphatic rings. The Labute approximate surface area is 134 Å². The van der Waals surface area contributed by atoms with Crippen LogP contribution in [0.3, 0.4) is 0 Å². The van der Waals surface area contributed by atoms with Gasteiger partial charge in [0.25, 0.3) is 0 Å². The Morgan fingerprint density at radius 2 is 1.75 bits per heavy atom. The molecule has 0 heterocycles. The van der Waals surface area contributed by atoms with Crippen molar-refractivity contribution in [1.29, 1.82) is 0 Å². The number of benzene rings is 2. The van der Waals surface area contributed by atoms with Crippen molar-refractivity contribution in [3.05, 3.63) is 58.6 Å². The number of ether oxygens (including phenoxy) is 1. The summed E-state index contributed by atoms with van der Waals surface area (Å²) in [6, 6.07) is 13.9. The van der Waals surface area contributed by atoms with Gasteiger partial charge in [0.15, 0.2) is 0 Å². The molecule has 3 heteroatoms. The van der Waals surface area contributed by atoms with E-state index in [4.69, 9.17) is 16.3 Å². The minimum atomic E-state index is 0.0267. The minimum Gasteiger partial charge on any atom is -0.455 e. The van der Waals surface area contributed by atoms with E-state index in [9.17, 15) is 0 Å². The smallest absolute Gasteiger partial charge is 0.146 e. The lowest BCUT2D eigenvalue weighted by Gasteiger charge is -2.22. The van der Waals surface area contributed by atoms with E-state index in [1.165, 1.54) is 5.56 Å². The molecular weight excluding hydrogens is 336 g/mol. The highest BCUT2D eigenvalue weighted by molar-refractivity contribution is 9.08. The quantitative estimate of drug-likeness (QED) is 0.586. The first-order valence-electron chi connectivity index (χ1n) is 6.53. The van der Waals surface area contributed by atoms with E-state index in [2.05, 4.69) is 42.8 Å². The summed E-state index contributed by atoms with van der Waals surface area (Å²) in [5.41, 5.74) is 2.32. The van der Waals surface area contributed by atoms with Gasteiger partial charge in [0.2, 0.25) is 0 Å². The fourth-order valence-corrected chi connectivity index (χ4v) is 2.59. The molecule has 20 heavy (non-hydrogen) atoms. The van der Waals surface area contributed by atoms with Crippen molar-refractivity contribution >= 4 is 27.5 Å². The second-order valence-corrected chi connectivity index (χ2v) is 6.71. The van der Waals surface area contributed by atoms with Gasteiger partial charge in [0, 0.05) is 10.9 Å². The van der Waals surface area contributed by atoms with Crippen molar-refractivity contribution in [1.82, 2.24) is 0 Å². The second-order valence-electron chi connectivity index (χ2n) is 5.75. The van der Waals surface area contributed by atoms with Crippen LogP contribution in [0, 0.1) is 0 Å². The van der Waals surface area contributed by atoms with Gasteiger partial charge in [-0.3, -0.25) is 0 Å². The maximum Gasteiger partial charge on any atom is 0.146 e. The van der Waals surface area contributed by atoms with Gasteiger partial charge in [-0.25, -0.2) is 0 Å². The van der Waals surface area contributed by atoms with E-state index in [0.29, 0.717) is 10.8 Å². The molecule has 0 radical (unpaired) electrons. The maximum absolute atomic E-state index is 6.28. The summed E-state index contributed by atoms with van der Waals surface area (Å²) in [6.07, 6.45) is 0. The molecule has 106 valence electrons. The number of para-hydroxylation sites is 1. The van der Waals surface area contributed by atoms with E-state index >= 15 is 0 Å². The molecule has 0 unspecified atom stereocenters.